The summed E-state index contributed by atoms with van der Waals surface area (Å²) in [5.74, 6) is 0.501. The summed E-state index contributed by atoms with van der Waals surface area (Å²) >= 11 is 5.82. The number of anilines is 3. The smallest absolute Gasteiger partial charge is 0.229 e. The molecule has 1 unspecified atom stereocenters. The van der Waals surface area contributed by atoms with Crippen LogP contribution in [0.15, 0.2) is 42.5 Å². The molecule has 1 aromatic heterocycles. The van der Waals surface area contributed by atoms with Crippen LogP contribution in [0.1, 0.15) is 13.3 Å². The van der Waals surface area contributed by atoms with Crippen molar-refractivity contribution in [2.75, 3.05) is 17.2 Å². The van der Waals surface area contributed by atoms with E-state index in [-0.39, 0.29) is 17.7 Å². The van der Waals surface area contributed by atoms with Crippen molar-refractivity contribution in [3.63, 3.8) is 0 Å². The topological polar surface area (TPSA) is 70.1 Å². The van der Waals surface area contributed by atoms with Crippen LogP contribution in [0.3, 0.4) is 0 Å². The number of benzene rings is 2. The molecule has 3 aromatic rings. The van der Waals surface area contributed by atoms with Crippen molar-refractivity contribution in [3.05, 3.63) is 53.3 Å². The van der Waals surface area contributed by atoms with Crippen LogP contribution in [0.2, 0.25) is 5.02 Å². The molecule has 0 aliphatic rings. The molecule has 0 fully saturated rings. The van der Waals surface area contributed by atoms with Crippen molar-refractivity contribution in [1.82, 2.24) is 9.97 Å². The van der Waals surface area contributed by atoms with E-state index in [1.165, 1.54) is 12.1 Å². The van der Waals surface area contributed by atoms with E-state index in [2.05, 4.69) is 20.6 Å². The van der Waals surface area contributed by atoms with Gasteiger partial charge in [-0.1, -0.05) is 30.7 Å². The summed E-state index contributed by atoms with van der Waals surface area (Å²) in [5.41, 5.74) is 1.34. The van der Waals surface area contributed by atoms with Crippen LogP contribution in [-0.4, -0.2) is 27.7 Å². The zero-order chi connectivity index (χ0) is 17.8. The van der Waals surface area contributed by atoms with Crippen LogP contribution < -0.4 is 10.6 Å². The first-order chi connectivity index (χ1) is 12.1. The number of aliphatic hydroxyl groups is 1. The maximum atomic E-state index is 13.3. The average Bonchev–Trinajstić information content (AvgIpc) is 2.62. The molecule has 0 bridgehead atoms. The number of halogens is 2. The lowest BCUT2D eigenvalue weighted by Crippen LogP contribution is -2.23. The lowest BCUT2D eigenvalue weighted by atomic mass is 10.2. The molecule has 0 radical (unpaired) electrons. The summed E-state index contributed by atoms with van der Waals surface area (Å²) in [6, 6.07) is 11.8. The SMILES string of the molecule is CCC(CO)Nc1nc(Nc2ccc(F)c(Cl)c2)nc2ccccc12. The summed E-state index contributed by atoms with van der Waals surface area (Å²) < 4.78 is 13.3. The van der Waals surface area contributed by atoms with Gasteiger partial charge in [-0.15, -0.1) is 0 Å². The molecular formula is C18H18ClFN4O. The van der Waals surface area contributed by atoms with Crippen LogP contribution in [0.5, 0.6) is 0 Å². The summed E-state index contributed by atoms with van der Waals surface area (Å²) in [7, 11) is 0. The lowest BCUT2D eigenvalue weighted by Gasteiger charge is -2.17. The molecule has 2 aromatic carbocycles. The number of fused-ring (bicyclic) bond motifs is 1. The van der Waals surface area contributed by atoms with Crippen LogP contribution in [-0.2, 0) is 0 Å². The van der Waals surface area contributed by atoms with Gasteiger partial charge < -0.3 is 15.7 Å². The molecule has 7 heteroatoms. The Balaban J connectivity index is 1.99. The largest absolute Gasteiger partial charge is 0.394 e. The minimum atomic E-state index is -0.484. The van der Waals surface area contributed by atoms with E-state index in [1.807, 2.05) is 31.2 Å². The number of aliphatic hydroxyl groups excluding tert-OH is 1. The quantitative estimate of drug-likeness (QED) is 0.609. The molecule has 3 rings (SSSR count). The minimum Gasteiger partial charge on any atom is -0.394 e. The zero-order valence-electron chi connectivity index (χ0n) is 13.6. The van der Waals surface area contributed by atoms with E-state index >= 15 is 0 Å². The normalized spacial score (nSPS) is 12.2. The standard InChI is InChI=1S/C18H18ClFN4O/c1-2-11(10-25)21-17-13-5-3-4-6-16(13)23-18(24-17)22-12-7-8-15(20)14(19)9-12/h3-9,11,25H,2,10H2,1H3,(H2,21,22,23,24). The average molecular weight is 361 g/mol. The molecule has 0 saturated heterocycles. The second kappa shape index (κ2) is 7.63. The Morgan fingerprint density at radius 1 is 1.20 bits per heavy atom. The number of hydrogen-bond donors (Lipinski definition) is 3. The molecule has 1 atom stereocenters. The van der Waals surface area contributed by atoms with Crippen molar-refractivity contribution in [2.45, 2.75) is 19.4 Å². The van der Waals surface area contributed by atoms with Crippen LogP contribution in [0, 0.1) is 5.82 Å². The van der Waals surface area contributed by atoms with Gasteiger partial charge in [-0.2, -0.15) is 4.98 Å². The van der Waals surface area contributed by atoms with Gasteiger partial charge in [0.15, 0.2) is 0 Å². The molecule has 0 aliphatic carbocycles. The van der Waals surface area contributed by atoms with Crippen molar-refractivity contribution < 1.29 is 9.50 Å². The van der Waals surface area contributed by atoms with E-state index in [4.69, 9.17) is 11.6 Å². The van der Waals surface area contributed by atoms with E-state index in [0.717, 1.165) is 17.3 Å². The Morgan fingerprint density at radius 3 is 2.72 bits per heavy atom. The van der Waals surface area contributed by atoms with Gasteiger partial charge in [0, 0.05) is 11.1 Å². The second-order valence-electron chi connectivity index (χ2n) is 5.60. The third-order valence-corrected chi connectivity index (χ3v) is 4.12. The second-order valence-corrected chi connectivity index (χ2v) is 6.01. The molecule has 1 heterocycles. The fourth-order valence-electron chi connectivity index (χ4n) is 2.42. The van der Waals surface area contributed by atoms with Crippen molar-refractivity contribution >= 4 is 40.0 Å². The Morgan fingerprint density at radius 2 is 2.00 bits per heavy atom. The van der Waals surface area contributed by atoms with Crippen LogP contribution in [0.4, 0.5) is 21.8 Å². The maximum absolute atomic E-state index is 13.3. The molecule has 3 N–H and O–H groups in total. The van der Waals surface area contributed by atoms with E-state index in [0.29, 0.717) is 17.5 Å². The monoisotopic (exact) mass is 360 g/mol. The van der Waals surface area contributed by atoms with Crippen molar-refractivity contribution in [2.24, 2.45) is 0 Å². The number of aromatic nitrogens is 2. The Kier molecular flexibility index (Phi) is 5.31. The van der Waals surface area contributed by atoms with E-state index < -0.39 is 5.82 Å². The molecule has 0 amide bonds. The number of nitrogens with zero attached hydrogens (tertiary/aromatic N) is 2. The molecule has 0 spiro atoms. The van der Waals surface area contributed by atoms with E-state index in [9.17, 15) is 9.50 Å². The summed E-state index contributed by atoms with van der Waals surface area (Å²) in [5, 5.41) is 16.6. The highest BCUT2D eigenvalue weighted by Crippen LogP contribution is 2.26. The van der Waals surface area contributed by atoms with Crippen molar-refractivity contribution in [1.29, 1.82) is 0 Å². The van der Waals surface area contributed by atoms with Gasteiger partial charge in [0.25, 0.3) is 0 Å². The number of rotatable bonds is 6. The van der Waals surface area contributed by atoms with Crippen LogP contribution >= 0.6 is 11.6 Å². The first kappa shape index (κ1) is 17.4. The fraction of sp³-hybridized carbons (Fsp3) is 0.222. The Labute approximate surface area is 149 Å². The Bertz CT molecular complexity index is 886. The van der Waals surface area contributed by atoms with Gasteiger partial charge in [-0.05, 0) is 36.8 Å². The maximum Gasteiger partial charge on any atom is 0.229 e. The highest BCUT2D eigenvalue weighted by molar-refractivity contribution is 6.31. The third kappa shape index (κ3) is 3.97. The minimum absolute atomic E-state index is 0.00512. The van der Waals surface area contributed by atoms with Crippen LogP contribution in [0.25, 0.3) is 10.9 Å². The van der Waals surface area contributed by atoms with Gasteiger partial charge in [0.1, 0.15) is 11.6 Å². The highest BCUT2D eigenvalue weighted by atomic mass is 35.5. The van der Waals surface area contributed by atoms with Gasteiger partial charge in [-0.3, -0.25) is 0 Å². The first-order valence-electron chi connectivity index (χ1n) is 7.97. The molecule has 130 valence electrons. The van der Waals surface area contributed by atoms with Gasteiger partial charge in [-0.25, -0.2) is 9.37 Å². The first-order valence-corrected chi connectivity index (χ1v) is 8.34. The van der Waals surface area contributed by atoms with Gasteiger partial charge >= 0.3 is 0 Å². The highest BCUT2D eigenvalue weighted by Gasteiger charge is 2.12. The predicted molar refractivity (Wildman–Crippen MR) is 99.0 cm³/mol. The van der Waals surface area contributed by atoms with Gasteiger partial charge in [0.2, 0.25) is 5.95 Å². The number of para-hydroxylation sites is 1. The van der Waals surface area contributed by atoms with E-state index in [1.54, 1.807) is 6.07 Å². The lowest BCUT2D eigenvalue weighted by molar-refractivity contribution is 0.271. The van der Waals surface area contributed by atoms with Gasteiger partial charge in [0.05, 0.1) is 23.2 Å². The molecule has 25 heavy (non-hydrogen) atoms. The summed E-state index contributed by atoms with van der Waals surface area (Å²) in [4.78, 5) is 8.98. The third-order valence-electron chi connectivity index (χ3n) is 3.83. The molecule has 0 saturated carbocycles. The number of hydrogen-bond acceptors (Lipinski definition) is 5. The number of nitrogens with one attached hydrogen (secondary N) is 2. The zero-order valence-corrected chi connectivity index (χ0v) is 14.4. The fourth-order valence-corrected chi connectivity index (χ4v) is 2.60. The van der Waals surface area contributed by atoms with Crippen molar-refractivity contribution in [3.8, 4) is 0 Å². The Hall–Kier alpha value is -2.44. The summed E-state index contributed by atoms with van der Waals surface area (Å²) in [6.45, 7) is 1.99. The predicted octanol–water partition coefficient (Wildman–Crippen LogP) is 4.35. The molecular weight excluding hydrogens is 343 g/mol. The summed E-state index contributed by atoms with van der Waals surface area (Å²) in [6.07, 6.45) is 0.755. The molecule has 5 nitrogen and oxygen atoms in total. The molecule has 0 aliphatic heterocycles.